The van der Waals surface area contributed by atoms with E-state index < -0.39 is 11.9 Å². The van der Waals surface area contributed by atoms with Gasteiger partial charge in [0.2, 0.25) is 11.3 Å². The largest absolute Gasteiger partial charge is 0.384 e. The molecule has 0 radical (unpaired) electrons. The van der Waals surface area contributed by atoms with Crippen LogP contribution in [0, 0.1) is 0 Å². The van der Waals surface area contributed by atoms with Gasteiger partial charge in [0.1, 0.15) is 11.6 Å². The topological polar surface area (TPSA) is 99.3 Å². The number of aromatic nitrogens is 3. The van der Waals surface area contributed by atoms with Gasteiger partial charge in [-0.25, -0.2) is 0 Å². The molecule has 4 rings (SSSR count). The van der Waals surface area contributed by atoms with Crippen LogP contribution < -0.4 is 10.7 Å². The third-order valence-corrected chi connectivity index (χ3v) is 4.78. The molecule has 1 atom stereocenters. The van der Waals surface area contributed by atoms with E-state index in [1.54, 1.807) is 26.3 Å². The number of amides is 1. The Balaban J connectivity index is 1.58. The van der Waals surface area contributed by atoms with Gasteiger partial charge in [0.05, 0.1) is 12.1 Å². The molecule has 140 valence electrons. The fourth-order valence-electron chi connectivity index (χ4n) is 3.39. The quantitative estimate of drug-likeness (QED) is 0.710. The number of hydrogen-bond donors (Lipinski definition) is 1. The van der Waals surface area contributed by atoms with E-state index in [1.807, 2.05) is 16.7 Å². The average Bonchev–Trinajstić information content (AvgIpc) is 3.30. The molecular weight excluding hydrogens is 348 g/mol. The van der Waals surface area contributed by atoms with Gasteiger partial charge in [0.25, 0.3) is 5.91 Å². The predicted molar refractivity (Wildman–Crippen MR) is 97.7 cm³/mol. The van der Waals surface area contributed by atoms with Crippen molar-refractivity contribution in [1.29, 1.82) is 0 Å². The lowest BCUT2D eigenvalue weighted by Gasteiger charge is -2.11. The SMILES string of the molecule is COCCc1noc([C@@H](C)NC(=O)c2cn3c4c(cccc4c2=O)CC3)n1. The smallest absolute Gasteiger partial charge is 0.257 e. The third kappa shape index (κ3) is 3.12. The Hall–Kier alpha value is -3.00. The molecule has 0 bridgehead atoms. The maximum atomic E-state index is 12.8. The minimum absolute atomic E-state index is 0.118. The van der Waals surface area contributed by atoms with Gasteiger partial charge in [-0.05, 0) is 25.0 Å². The molecule has 3 heterocycles. The Morgan fingerprint density at radius 2 is 2.30 bits per heavy atom. The molecule has 0 saturated carbocycles. The molecule has 0 aliphatic carbocycles. The Kier molecular flexibility index (Phi) is 4.49. The van der Waals surface area contributed by atoms with E-state index in [0.29, 0.717) is 30.1 Å². The molecule has 1 N–H and O–H groups in total. The molecule has 0 saturated heterocycles. The molecule has 1 amide bonds. The number of methoxy groups -OCH3 is 1. The van der Waals surface area contributed by atoms with Crippen molar-refractivity contribution in [2.24, 2.45) is 0 Å². The summed E-state index contributed by atoms with van der Waals surface area (Å²) in [6.07, 6.45) is 3.03. The number of nitrogens with zero attached hydrogens (tertiary/aromatic N) is 3. The van der Waals surface area contributed by atoms with E-state index in [0.717, 1.165) is 24.0 Å². The van der Waals surface area contributed by atoms with Crippen LogP contribution in [0.1, 0.15) is 40.6 Å². The molecule has 0 fully saturated rings. The molecule has 0 unspecified atom stereocenters. The van der Waals surface area contributed by atoms with Gasteiger partial charge < -0.3 is 19.1 Å². The summed E-state index contributed by atoms with van der Waals surface area (Å²) in [6, 6.07) is 5.13. The van der Waals surface area contributed by atoms with E-state index >= 15 is 0 Å². The fourth-order valence-corrected chi connectivity index (χ4v) is 3.39. The van der Waals surface area contributed by atoms with E-state index in [4.69, 9.17) is 9.26 Å². The van der Waals surface area contributed by atoms with Crippen LogP contribution >= 0.6 is 0 Å². The summed E-state index contributed by atoms with van der Waals surface area (Å²) in [6.45, 7) is 2.98. The van der Waals surface area contributed by atoms with Crippen molar-refractivity contribution in [3.05, 3.63) is 57.5 Å². The van der Waals surface area contributed by atoms with Gasteiger partial charge >= 0.3 is 0 Å². The van der Waals surface area contributed by atoms with Crippen molar-refractivity contribution in [3.8, 4) is 0 Å². The van der Waals surface area contributed by atoms with Gasteiger partial charge in [-0.2, -0.15) is 4.98 Å². The van der Waals surface area contributed by atoms with Crippen LogP contribution in [0.3, 0.4) is 0 Å². The summed E-state index contributed by atoms with van der Waals surface area (Å²) >= 11 is 0. The monoisotopic (exact) mass is 368 g/mol. The van der Waals surface area contributed by atoms with E-state index in [-0.39, 0.29) is 11.0 Å². The number of carbonyl (C=O) groups excluding carboxylic acids is 1. The second kappa shape index (κ2) is 6.96. The van der Waals surface area contributed by atoms with Gasteiger partial charge in [0.15, 0.2) is 5.82 Å². The first-order valence-electron chi connectivity index (χ1n) is 8.86. The Bertz CT molecular complexity index is 1070. The summed E-state index contributed by atoms with van der Waals surface area (Å²) in [5.74, 6) is 0.355. The number of pyridine rings is 1. The molecule has 3 aromatic rings. The lowest BCUT2D eigenvalue weighted by Crippen LogP contribution is -2.31. The second-order valence-corrected chi connectivity index (χ2v) is 6.62. The number of nitrogens with one attached hydrogen (secondary N) is 1. The lowest BCUT2D eigenvalue weighted by atomic mass is 10.1. The molecule has 27 heavy (non-hydrogen) atoms. The van der Waals surface area contributed by atoms with E-state index in [1.165, 1.54) is 0 Å². The van der Waals surface area contributed by atoms with Crippen molar-refractivity contribution in [2.45, 2.75) is 32.4 Å². The minimum atomic E-state index is -0.513. The van der Waals surface area contributed by atoms with Gasteiger partial charge in [-0.3, -0.25) is 9.59 Å². The summed E-state index contributed by atoms with van der Waals surface area (Å²) in [7, 11) is 1.60. The van der Waals surface area contributed by atoms with Crippen LogP contribution in [-0.4, -0.2) is 34.3 Å². The minimum Gasteiger partial charge on any atom is -0.384 e. The molecule has 2 aromatic heterocycles. The lowest BCUT2D eigenvalue weighted by molar-refractivity contribution is 0.0931. The van der Waals surface area contributed by atoms with Crippen molar-refractivity contribution in [1.82, 2.24) is 20.0 Å². The molecule has 8 nitrogen and oxygen atoms in total. The van der Waals surface area contributed by atoms with Crippen molar-refractivity contribution < 1.29 is 14.1 Å². The van der Waals surface area contributed by atoms with Crippen LogP contribution in [0.4, 0.5) is 0 Å². The summed E-state index contributed by atoms with van der Waals surface area (Å²) in [5.41, 5.74) is 1.92. The highest BCUT2D eigenvalue weighted by Crippen LogP contribution is 2.24. The molecule has 8 heteroatoms. The number of aryl methyl sites for hydroxylation is 2. The fraction of sp³-hybridized carbons (Fsp3) is 0.368. The second-order valence-electron chi connectivity index (χ2n) is 6.62. The first-order valence-corrected chi connectivity index (χ1v) is 8.86. The highest BCUT2D eigenvalue weighted by atomic mass is 16.5. The number of hydrogen-bond acceptors (Lipinski definition) is 6. The zero-order valence-electron chi connectivity index (χ0n) is 15.2. The zero-order valence-corrected chi connectivity index (χ0v) is 15.2. The highest BCUT2D eigenvalue weighted by molar-refractivity contribution is 5.98. The van der Waals surface area contributed by atoms with Crippen LogP contribution in [0.15, 0.2) is 33.7 Å². The Morgan fingerprint density at radius 1 is 1.44 bits per heavy atom. The van der Waals surface area contributed by atoms with Crippen molar-refractivity contribution in [3.63, 3.8) is 0 Å². The van der Waals surface area contributed by atoms with Crippen LogP contribution in [0.25, 0.3) is 10.9 Å². The Labute approximate surface area is 155 Å². The number of rotatable bonds is 6. The van der Waals surface area contributed by atoms with Crippen molar-refractivity contribution in [2.75, 3.05) is 13.7 Å². The first-order chi connectivity index (χ1) is 13.1. The van der Waals surface area contributed by atoms with E-state index in [2.05, 4.69) is 15.5 Å². The number of para-hydroxylation sites is 1. The van der Waals surface area contributed by atoms with Crippen LogP contribution in [0.5, 0.6) is 0 Å². The first kappa shape index (κ1) is 17.4. The van der Waals surface area contributed by atoms with Crippen molar-refractivity contribution >= 4 is 16.8 Å². The van der Waals surface area contributed by atoms with Gasteiger partial charge in [-0.15, -0.1) is 0 Å². The van der Waals surface area contributed by atoms with Gasteiger partial charge in [0, 0.05) is 31.7 Å². The summed E-state index contributed by atoms with van der Waals surface area (Å²) in [5, 5.41) is 7.21. The normalized spacial score (nSPS) is 13.9. The summed E-state index contributed by atoms with van der Waals surface area (Å²) in [4.78, 5) is 29.8. The average molecular weight is 368 g/mol. The number of benzene rings is 1. The Morgan fingerprint density at radius 3 is 3.11 bits per heavy atom. The standard InChI is InChI=1S/C19H20N4O4/c1-11(19-21-15(22-27-19)7-9-26-2)20-18(25)14-10-23-8-6-12-4-3-5-13(16(12)23)17(14)24/h3-5,10-11H,6-9H2,1-2H3,(H,20,25)/t11-/m1/s1. The molecular formula is C19H20N4O4. The van der Waals surface area contributed by atoms with Crippen LogP contribution in [0.2, 0.25) is 0 Å². The van der Waals surface area contributed by atoms with E-state index in [9.17, 15) is 9.59 Å². The maximum absolute atomic E-state index is 12.8. The van der Waals surface area contributed by atoms with Gasteiger partial charge in [-0.1, -0.05) is 17.3 Å². The molecule has 1 aliphatic rings. The predicted octanol–water partition coefficient (Wildman–Crippen LogP) is 1.62. The maximum Gasteiger partial charge on any atom is 0.257 e. The summed E-state index contributed by atoms with van der Waals surface area (Å²) < 4.78 is 12.2. The number of carbonyl (C=O) groups is 1. The number of ether oxygens (including phenoxy) is 1. The molecule has 1 aliphatic heterocycles. The third-order valence-electron chi connectivity index (χ3n) is 4.78. The highest BCUT2D eigenvalue weighted by Gasteiger charge is 2.23. The van der Waals surface area contributed by atoms with Crippen LogP contribution in [-0.2, 0) is 24.1 Å². The molecule has 0 spiro atoms. The molecule has 1 aromatic carbocycles. The zero-order chi connectivity index (χ0) is 19.0.